The molecule has 9 heteroatoms. The Morgan fingerprint density at radius 2 is 1.13 bits per heavy atom. The molecule has 0 fully saturated rings. The van der Waals surface area contributed by atoms with Crippen LogP contribution in [0.15, 0.2) is 36.6 Å². The van der Waals surface area contributed by atoms with E-state index in [2.05, 4.69) is 24.4 Å². The Hall–Kier alpha value is -1.73. The van der Waals surface area contributed by atoms with Crippen molar-refractivity contribution >= 4 is 19.6 Å². The first-order chi connectivity index (χ1) is 22.3. The first-order valence-corrected chi connectivity index (χ1v) is 19.8. The molecular formula is C37H67O8P. The van der Waals surface area contributed by atoms with Crippen LogP contribution in [-0.2, 0) is 28.2 Å². The van der Waals surface area contributed by atoms with E-state index in [1.54, 1.807) is 6.08 Å². The van der Waals surface area contributed by atoms with Gasteiger partial charge in [0.15, 0.2) is 11.9 Å². The van der Waals surface area contributed by atoms with Crippen molar-refractivity contribution in [2.45, 2.75) is 174 Å². The van der Waals surface area contributed by atoms with E-state index in [1.165, 1.54) is 76.9 Å². The van der Waals surface area contributed by atoms with E-state index in [4.69, 9.17) is 19.3 Å². The zero-order valence-corrected chi connectivity index (χ0v) is 30.1. The van der Waals surface area contributed by atoms with Crippen LogP contribution in [0.3, 0.4) is 0 Å². The standard InChI is InChI=1S/C37H67O8P/c1-3-5-7-8-9-10-11-12-13-14-18-21-24-28-32-43-36(34-45-46(40,41)42)33-44-37(39)31-27-23-20-17-15-16-19-22-26-30-35(38)29-25-6-4-2/h19,22,26,28,30,32,36H,3-18,20-21,23-25,27,29,31,33-34H2,1-2H3,(H2,40,41,42)/b22-19-,30-26+,32-28+/t36-/m1/s1. The van der Waals surface area contributed by atoms with Gasteiger partial charge in [-0.05, 0) is 50.7 Å². The van der Waals surface area contributed by atoms with Gasteiger partial charge in [0.1, 0.15) is 6.61 Å². The molecule has 0 heterocycles. The summed E-state index contributed by atoms with van der Waals surface area (Å²) in [6.07, 6.45) is 36.4. The van der Waals surface area contributed by atoms with Crippen LogP contribution in [0.25, 0.3) is 0 Å². The van der Waals surface area contributed by atoms with Gasteiger partial charge in [0.05, 0.1) is 12.9 Å². The number of phosphoric acid groups is 1. The number of hydrogen-bond donors (Lipinski definition) is 2. The van der Waals surface area contributed by atoms with Crippen molar-refractivity contribution in [2.75, 3.05) is 13.2 Å². The molecule has 0 aliphatic rings. The highest BCUT2D eigenvalue weighted by Crippen LogP contribution is 2.35. The number of phosphoric ester groups is 1. The van der Waals surface area contributed by atoms with Gasteiger partial charge in [-0.1, -0.05) is 135 Å². The van der Waals surface area contributed by atoms with E-state index in [0.29, 0.717) is 6.42 Å². The lowest BCUT2D eigenvalue weighted by atomic mass is 10.0. The van der Waals surface area contributed by atoms with Crippen LogP contribution in [0.2, 0.25) is 0 Å². The number of esters is 1. The Labute approximate surface area is 281 Å². The molecule has 8 nitrogen and oxygen atoms in total. The molecule has 0 amide bonds. The number of ketones is 1. The average molecular weight is 671 g/mol. The summed E-state index contributed by atoms with van der Waals surface area (Å²) in [6.45, 7) is 3.87. The van der Waals surface area contributed by atoms with Gasteiger partial charge in [-0.3, -0.25) is 14.1 Å². The van der Waals surface area contributed by atoms with Crippen LogP contribution >= 0.6 is 7.82 Å². The molecule has 1 atom stereocenters. The van der Waals surface area contributed by atoms with Crippen molar-refractivity contribution in [3.63, 3.8) is 0 Å². The van der Waals surface area contributed by atoms with Crippen LogP contribution in [-0.4, -0.2) is 40.9 Å². The highest BCUT2D eigenvalue weighted by atomic mass is 31.2. The zero-order valence-electron chi connectivity index (χ0n) is 29.2. The van der Waals surface area contributed by atoms with E-state index >= 15 is 0 Å². The van der Waals surface area contributed by atoms with Crippen molar-refractivity contribution in [2.24, 2.45) is 0 Å². The van der Waals surface area contributed by atoms with Gasteiger partial charge in [0.2, 0.25) is 0 Å². The molecule has 0 saturated carbocycles. The fourth-order valence-electron chi connectivity index (χ4n) is 4.93. The fourth-order valence-corrected chi connectivity index (χ4v) is 5.30. The Balaban J connectivity index is 3.97. The SMILES string of the molecule is CCCCCCCCCCCCCC/C=C/O[C@H](COC(=O)CCCCCCC/C=C\C=C\C(=O)CCCCC)COP(=O)(O)O. The molecule has 0 radical (unpaired) electrons. The second-order valence-corrected chi connectivity index (χ2v) is 13.5. The molecule has 0 aromatic carbocycles. The number of carbonyl (C=O) groups is 2. The van der Waals surface area contributed by atoms with Crippen molar-refractivity contribution in [3.05, 3.63) is 36.6 Å². The molecule has 0 aliphatic carbocycles. The number of ether oxygens (including phenoxy) is 2. The molecule has 0 unspecified atom stereocenters. The highest BCUT2D eigenvalue weighted by Gasteiger charge is 2.20. The second kappa shape index (κ2) is 33.2. The summed E-state index contributed by atoms with van der Waals surface area (Å²) in [5.41, 5.74) is 0. The van der Waals surface area contributed by atoms with E-state index in [0.717, 1.165) is 70.6 Å². The summed E-state index contributed by atoms with van der Waals surface area (Å²) in [5.74, 6) is -0.171. The fraction of sp³-hybridized carbons (Fsp3) is 0.784. The van der Waals surface area contributed by atoms with Crippen molar-refractivity contribution in [3.8, 4) is 0 Å². The van der Waals surface area contributed by atoms with Gasteiger partial charge in [0, 0.05) is 12.8 Å². The topological polar surface area (TPSA) is 119 Å². The predicted molar refractivity (Wildman–Crippen MR) is 188 cm³/mol. The number of rotatable bonds is 34. The van der Waals surface area contributed by atoms with E-state index in [-0.39, 0.29) is 31.4 Å². The minimum atomic E-state index is -4.66. The maximum absolute atomic E-state index is 12.2. The number of carbonyl (C=O) groups excluding carboxylic acids is 2. The third kappa shape index (κ3) is 35.1. The monoisotopic (exact) mass is 670 g/mol. The van der Waals surface area contributed by atoms with Crippen LogP contribution in [0.1, 0.15) is 168 Å². The second-order valence-electron chi connectivity index (χ2n) is 12.3. The highest BCUT2D eigenvalue weighted by molar-refractivity contribution is 7.46. The summed E-state index contributed by atoms with van der Waals surface area (Å²) < 4.78 is 26.6. The lowest BCUT2D eigenvalue weighted by Gasteiger charge is -2.17. The van der Waals surface area contributed by atoms with Crippen molar-refractivity contribution < 1.29 is 37.9 Å². The summed E-state index contributed by atoms with van der Waals surface area (Å²) >= 11 is 0. The van der Waals surface area contributed by atoms with Gasteiger partial charge in [-0.25, -0.2) is 4.57 Å². The third-order valence-corrected chi connectivity index (χ3v) is 8.24. The first kappa shape index (κ1) is 44.3. The third-order valence-electron chi connectivity index (χ3n) is 7.76. The lowest BCUT2D eigenvalue weighted by molar-refractivity contribution is -0.147. The summed E-state index contributed by atoms with van der Waals surface area (Å²) in [7, 11) is -4.66. The zero-order chi connectivity index (χ0) is 34.0. The maximum atomic E-state index is 12.2. The summed E-state index contributed by atoms with van der Waals surface area (Å²) in [5, 5.41) is 0. The van der Waals surface area contributed by atoms with Gasteiger partial charge in [-0.2, -0.15) is 0 Å². The smallest absolute Gasteiger partial charge is 0.469 e. The average Bonchev–Trinajstić information content (AvgIpc) is 3.02. The Morgan fingerprint density at radius 1 is 0.630 bits per heavy atom. The van der Waals surface area contributed by atoms with Gasteiger partial charge >= 0.3 is 13.8 Å². The van der Waals surface area contributed by atoms with Crippen LogP contribution in [0.5, 0.6) is 0 Å². The Morgan fingerprint density at radius 3 is 1.72 bits per heavy atom. The molecule has 268 valence electrons. The number of unbranched alkanes of at least 4 members (excludes halogenated alkanes) is 19. The van der Waals surface area contributed by atoms with Crippen LogP contribution < -0.4 is 0 Å². The van der Waals surface area contributed by atoms with Gasteiger partial charge in [0.25, 0.3) is 0 Å². The molecule has 0 aromatic rings. The van der Waals surface area contributed by atoms with E-state index in [1.807, 2.05) is 18.2 Å². The molecule has 0 aromatic heterocycles. The molecule has 0 bridgehead atoms. The van der Waals surface area contributed by atoms with Crippen LogP contribution in [0, 0.1) is 0 Å². The quantitative estimate of drug-likeness (QED) is 0.0173. The summed E-state index contributed by atoms with van der Waals surface area (Å²) in [4.78, 5) is 42.0. The number of allylic oxidation sites excluding steroid dienone is 5. The first-order valence-electron chi connectivity index (χ1n) is 18.3. The molecule has 0 spiro atoms. The van der Waals surface area contributed by atoms with Crippen molar-refractivity contribution in [1.82, 2.24) is 0 Å². The molecule has 0 rings (SSSR count). The minimum Gasteiger partial charge on any atom is -0.492 e. The maximum Gasteiger partial charge on any atom is 0.469 e. The number of hydrogen-bond acceptors (Lipinski definition) is 6. The van der Waals surface area contributed by atoms with E-state index < -0.39 is 13.9 Å². The molecule has 0 aliphatic heterocycles. The normalized spacial score (nSPS) is 12.9. The molecular weight excluding hydrogens is 603 g/mol. The van der Waals surface area contributed by atoms with Crippen LogP contribution in [0.4, 0.5) is 0 Å². The summed E-state index contributed by atoms with van der Waals surface area (Å²) in [6, 6.07) is 0. The molecule has 2 N–H and O–H groups in total. The Bertz CT molecular complexity index is 848. The van der Waals surface area contributed by atoms with E-state index in [9.17, 15) is 14.2 Å². The minimum absolute atomic E-state index is 0.132. The molecule has 0 saturated heterocycles. The predicted octanol–water partition coefficient (Wildman–Crippen LogP) is 10.6. The Kier molecular flexibility index (Phi) is 31.9. The molecule has 46 heavy (non-hydrogen) atoms. The lowest BCUT2D eigenvalue weighted by Crippen LogP contribution is -2.25. The van der Waals surface area contributed by atoms with Gasteiger partial charge < -0.3 is 19.3 Å². The largest absolute Gasteiger partial charge is 0.492 e. The van der Waals surface area contributed by atoms with Gasteiger partial charge in [-0.15, -0.1) is 0 Å². The van der Waals surface area contributed by atoms with Crippen molar-refractivity contribution in [1.29, 1.82) is 0 Å².